The second-order valence-corrected chi connectivity index (χ2v) is 8.59. The number of aliphatic hydroxyl groups is 2. The second kappa shape index (κ2) is 9.23. The van der Waals surface area contributed by atoms with E-state index < -0.39 is 12.1 Å². The third-order valence-electron chi connectivity index (χ3n) is 6.56. The lowest BCUT2D eigenvalue weighted by Gasteiger charge is -2.20. The molecule has 2 saturated carbocycles. The Labute approximate surface area is 176 Å². The quantitative estimate of drug-likeness (QED) is 0.466. The fraction of sp³-hybridized carbons (Fsp3) is 0.542. The molecule has 0 radical (unpaired) electrons. The maximum absolute atomic E-state index is 10.6. The summed E-state index contributed by atoms with van der Waals surface area (Å²) in [5.41, 5.74) is 2.12. The predicted molar refractivity (Wildman–Crippen MR) is 111 cm³/mol. The Morgan fingerprint density at radius 3 is 2.80 bits per heavy atom. The molecule has 0 amide bonds. The number of rotatable bonds is 7. The maximum Gasteiger partial charge on any atom is 0.303 e. The molecule has 3 N–H and O–H groups in total. The van der Waals surface area contributed by atoms with Crippen molar-refractivity contribution in [3.05, 3.63) is 47.6 Å². The van der Waals surface area contributed by atoms with Gasteiger partial charge < -0.3 is 24.8 Å². The molecule has 162 valence electrons. The van der Waals surface area contributed by atoms with Crippen molar-refractivity contribution < 1.29 is 29.6 Å². The summed E-state index contributed by atoms with van der Waals surface area (Å²) in [5, 5.41) is 29.9. The number of hydrogen-bond donors (Lipinski definition) is 3. The summed E-state index contributed by atoms with van der Waals surface area (Å²) in [6, 6.07) is 5.47. The molecule has 1 aliphatic heterocycles. The van der Waals surface area contributed by atoms with Crippen molar-refractivity contribution in [2.75, 3.05) is 13.2 Å². The van der Waals surface area contributed by atoms with Gasteiger partial charge in [0, 0.05) is 12.3 Å². The van der Waals surface area contributed by atoms with Crippen LogP contribution >= 0.6 is 0 Å². The summed E-state index contributed by atoms with van der Waals surface area (Å²) >= 11 is 0. The Hall–Kier alpha value is -2.31. The van der Waals surface area contributed by atoms with Crippen LogP contribution in [0.25, 0.3) is 0 Å². The van der Waals surface area contributed by atoms with Crippen LogP contribution in [-0.4, -0.2) is 40.6 Å². The fourth-order valence-corrected chi connectivity index (χ4v) is 5.09. The van der Waals surface area contributed by atoms with Crippen LogP contribution in [0.1, 0.15) is 50.2 Å². The number of allylic oxidation sites excluding steroid dienone is 2. The summed E-state index contributed by atoms with van der Waals surface area (Å²) < 4.78 is 11.1. The smallest absolute Gasteiger partial charge is 0.303 e. The van der Waals surface area contributed by atoms with Crippen LogP contribution < -0.4 is 9.47 Å². The molecule has 3 aliphatic rings. The Morgan fingerprint density at radius 2 is 2.00 bits per heavy atom. The normalized spacial score (nSPS) is 30.0. The zero-order valence-electron chi connectivity index (χ0n) is 17.1. The van der Waals surface area contributed by atoms with Crippen LogP contribution in [0.15, 0.2) is 42.0 Å². The first-order valence-electron chi connectivity index (χ1n) is 10.8. The van der Waals surface area contributed by atoms with E-state index >= 15 is 0 Å². The molecule has 1 aromatic carbocycles. The Morgan fingerprint density at radius 1 is 1.20 bits per heavy atom. The molecular weight excluding hydrogens is 384 g/mol. The number of carboxylic acids is 1. The fourth-order valence-electron chi connectivity index (χ4n) is 5.09. The largest absolute Gasteiger partial charge is 0.486 e. The topological polar surface area (TPSA) is 96.2 Å². The maximum atomic E-state index is 10.6. The van der Waals surface area contributed by atoms with E-state index in [0.717, 1.165) is 31.2 Å². The van der Waals surface area contributed by atoms with Gasteiger partial charge in [0.2, 0.25) is 0 Å². The van der Waals surface area contributed by atoms with Crippen molar-refractivity contribution in [2.45, 2.75) is 50.7 Å². The number of benzene rings is 1. The summed E-state index contributed by atoms with van der Waals surface area (Å²) in [7, 11) is 0. The van der Waals surface area contributed by atoms with Crippen LogP contribution in [0.3, 0.4) is 0 Å². The zero-order valence-corrected chi connectivity index (χ0v) is 17.1. The first kappa shape index (κ1) is 20.9. The third-order valence-corrected chi connectivity index (χ3v) is 6.56. The Bertz CT molecular complexity index is 829. The van der Waals surface area contributed by atoms with E-state index in [1.807, 2.05) is 24.3 Å². The molecular formula is C24H30O6. The Kier molecular flexibility index (Phi) is 6.44. The lowest BCUT2D eigenvalue weighted by Crippen LogP contribution is -2.17. The van der Waals surface area contributed by atoms with E-state index in [-0.39, 0.29) is 18.4 Å². The predicted octanol–water partition coefficient (Wildman–Crippen LogP) is 3.64. The number of carbonyl (C=O) groups is 1. The van der Waals surface area contributed by atoms with Gasteiger partial charge in [0.05, 0.1) is 12.2 Å². The highest BCUT2D eigenvalue weighted by Gasteiger charge is 2.44. The van der Waals surface area contributed by atoms with Crippen molar-refractivity contribution in [2.24, 2.45) is 17.8 Å². The molecule has 2 aliphatic carbocycles. The van der Waals surface area contributed by atoms with Crippen LogP contribution in [0.2, 0.25) is 0 Å². The van der Waals surface area contributed by atoms with E-state index in [9.17, 15) is 15.0 Å². The number of aliphatic hydroxyl groups excluding tert-OH is 2. The van der Waals surface area contributed by atoms with E-state index in [4.69, 9.17) is 14.6 Å². The summed E-state index contributed by atoms with van der Waals surface area (Å²) in [6.45, 7) is 1.04. The van der Waals surface area contributed by atoms with Crippen molar-refractivity contribution in [1.29, 1.82) is 0 Å². The SMILES string of the molecule is O=C(O)CCC/C=C1\CC2C[C@@H](O)[C@H](/C=C/[C@@H](O)c3ccc4c(c3)OCCO4)C2C1. The number of carboxylic acid groups (broad SMARTS) is 1. The molecule has 0 aromatic heterocycles. The van der Waals surface area contributed by atoms with Gasteiger partial charge in [0.25, 0.3) is 0 Å². The van der Waals surface area contributed by atoms with Gasteiger partial charge >= 0.3 is 5.97 Å². The number of unbranched alkanes of at least 4 members (excludes halogenated alkanes) is 1. The third kappa shape index (κ3) is 4.71. The van der Waals surface area contributed by atoms with Gasteiger partial charge in [-0.1, -0.05) is 29.9 Å². The highest BCUT2D eigenvalue weighted by molar-refractivity contribution is 5.66. The first-order valence-corrected chi connectivity index (χ1v) is 10.8. The average molecular weight is 414 g/mol. The molecule has 0 saturated heterocycles. The van der Waals surface area contributed by atoms with Gasteiger partial charge in [-0.2, -0.15) is 0 Å². The summed E-state index contributed by atoms with van der Waals surface area (Å²) in [4.78, 5) is 10.6. The van der Waals surface area contributed by atoms with Crippen LogP contribution in [0.5, 0.6) is 11.5 Å². The van der Waals surface area contributed by atoms with Crippen molar-refractivity contribution >= 4 is 5.97 Å². The van der Waals surface area contributed by atoms with Crippen LogP contribution in [-0.2, 0) is 4.79 Å². The lowest BCUT2D eigenvalue weighted by atomic mass is 9.90. The number of hydrogen-bond acceptors (Lipinski definition) is 5. The van der Waals surface area contributed by atoms with Gasteiger partial charge in [-0.15, -0.1) is 0 Å². The van der Waals surface area contributed by atoms with Crippen LogP contribution in [0, 0.1) is 17.8 Å². The average Bonchev–Trinajstić information content (AvgIpc) is 3.25. The van der Waals surface area contributed by atoms with Crippen molar-refractivity contribution in [3.63, 3.8) is 0 Å². The highest BCUT2D eigenvalue weighted by atomic mass is 16.6. The summed E-state index contributed by atoms with van der Waals surface area (Å²) in [6.07, 6.45) is 9.20. The molecule has 30 heavy (non-hydrogen) atoms. The molecule has 0 spiro atoms. The second-order valence-electron chi connectivity index (χ2n) is 8.59. The van der Waals surface area contributed by atoms with Crippen molar-refractivity contribution in [1.82, 2.24) is 0 Å². The van der Waals surface area contributed by atoms with E-state index in [0.29, 0.717) is 43.0 Å². The standard InChI is InChI=1S/C24H30O6/c25-20(16-5-8-22-23(14-16)30-10-9-29-22)7-6-18-19-12-15(3-1-2-4-24(27)28)11-17(19)13-21(18)26/h3,5-8,14,17-21,25-26H,1-2,4,9-13H2,(H,27,28)/b7-6+,15-3+/t17?,18-,19?,20-,21-/m1/s1. The molecule has 1 heterocycles. The van der Waals surface area contributed by atoms with E-state index in [1.54, 1.807) is 6.08 Å². The minimum absolute atomic E-state index is 0.0341. The molecule has 5 atom stereocenters. The van der Waals surface area contributed by atoms with E-state index in [2.05, 4.69) is 6.08 Å². The molecule has 1 aromatic rings. The van der Waals surface area contributed by atoms with E-state index in [1.165, 1.54) is 5.57 Å². The molecule has 2 fully saturated rings. The zero-order chi connectivity index (χ0) is 21.1. The number of fused-ring (bicyclic) bond motifs is 2. The summed E-state index contributed by atoms with van der Waals surface area (Å²) in [5.74, 6) is 1.49. The van der Waals surface area contributed by atoms with Gasteiger partial charge in [-0.3, -0.25) is 4.79 Å². The number of aliphatic carboxylic acids is 1. The van der Waals surface area contributed by atoms with Gasteiger partial charge in [0.1, 0.15) is 13.2 Å². The first-order chi connectivity index (χ1) is 14.5. The van der Waals surface area contributed by atoms with Gasteiger partial charge in [-0.25, -0.2) is 0 Å². The Balaban J connectivity index is 1.37. The van der Waals surface area contributed by atoms with Crippen molar-refractivity contribution in [3.8, 4) is 11.5 Å². The van der Waals surface area contributed by atoms with Gasteiger partial charge in [0.15, 0.2) is 11.5 Å². The lowest BCUT2D eigenvalue weighted by molar-refractivity contribution is -0.137. The monoisotopic (exact) mass is 414 g/mol. The molecule has 6 heteroatoms. The van der Waals surface area contributed by atoms with Gasteiger partial charge in [-0.05, 0) is 61.6 Å². The minimum atomic E-state index is -0.764. The molecule has 4 rings (SSSR count). The molecule has 6 nitrogen and oxygen atoms in total. The van der Waals surface area contributed by atoms with Crippen LogP contribution in [0.4, 0.5) is 0 Å². The molecule has 0 bridgehead atoms. The minimum Gasteiger partial charge on any atom is -0.486 e. The molecule has 2 unspecified atom stereocenters. The number of ether oxygens (including phenoxy) is 2. The highest BCUT2D eigenvalue weighted by Crippen LogP contribution is 2.50.